The van der Waals surface area contributed by atoms with Crippen molar-refractivity contribution in [3.63, 3.8) is 0 Å². The number of rotatable bonds is 6. The highest BCUT2D eigenvalue weighted by molar-refractivity contribution is 5.82. The number of aliphatic hydroxyl groups excluding tert-OH is 1. The number of likely N-dealkylation sites (tertiary alicyclic amines) is 1. The molecule has 2 N–H and O–H groups in total. The fourth-order valence-corrected chi connectivity index (χ4v) is 2.40. The van der Waals surface area contributed by atoms with Crippen LogP contribution >= 0.6 is 0 Å². The molecule has 1 aliphatic heterocycles. The zero-order chi connectivity index (χ0) is 15.0. The second kappa shape index (κ2) is 8.76. The van der Waals surface area contributed by atoms with E-state index in [9.17, 15) is 14.7 Å². The summed E-state index contributed by atoms with van der Waals surface area (Å²) in [6, 6.07) is -1.10. The Kier molecular flexibility index (Phi) is 7.32. The van der Waals surface area contributed by atoms with Gasteiger partial charge in [-0.1, -0.05) is 12.8 Å². The summed E-state index contributed by atoms with van der Waals surface area (Å²) in [6.45, 7) is 1.19. The first-order valence-electron chi connectivity index (χ1n) is 7.00. The molecule has 7 nitrogen and oxygen atoms in total. The summed E-state index contributed by atoms with van der Waals surface area (Å²) in [5.74, 6) is -0.962. The predicted molar refractivity (Wildman–Crippen MR) is 72.5 cm³/mol. The van der Waals surface area contributed by atoms with Crippen molar-refractivity contribution in [3.8, 4) is 0 Å². The van der Waals surface area contributed by atoms with E-state index in [1.807, 2.05) is 0 Å². The standard InChI is InChI=1S/C13H24N2O5/c1-20-10-8-14(7-9-16)13(19)15-6-4-2-3-5-11(15)12(17)18/h11,16H,2-10H2,1H3,(H,17,18). The molecule has 0 aromatic rings. The maximum Gasteiger partial charge on any atom is 0.326 e. The van der Waals surface area contributed by atoms with Gasteiger partial charge in [-0.2, -0.15) is 0 Å². The third-order valence-electron chi connectivity index (χ3n) is 3.49. The second-order valence-corrected chi connectivity index (χ2v) is 4.88. The number of hydrogen-bond donors (Lipinski definition) is 2. The van der Waals surface area contributed by atoms with Crippen LogP contribution in [0, 0.1) is 0 Å². The number of aliphatic hydroxyl groups is 1. The number of amides is 2. The highest BCUT2D eigenvalue weighted by Crippen LogP contribution is 2.18. The molecule has 1 atom stereocenters. The number of carbonyl (C=O) groups excluding carboxylic acids is 1. The van der Waals surface area contributed by atoms with Gasteiger partial charge in [-0.05, 0) is 12.8 Å². The van der Waals surface area contributed by atoms with Crippen LogP contribution < -0.4 is 0 Å². The van der Waals surface area contributed by atoms with Gasteiger partial charge in [-0.25, -0.2) is 9.59 Å². The SMILES string of the molecule is COCCN(CCO)C(=O)N1CCCCCC1C(=O)O. The maximum absolute atomic E-state index is 12.5. The van der Waals surface area contributed by atoms with E-state index >= 15 is 0 Å². The fraction of sp³-hybridized carbons (Fsp3) is 0.846. The lowest BCUT2D eigenvalue weighted by Gasteiger charge is -2.33. The number of carboxylic acids is 1. The van der Waals surface area contributed by atoms with Crippen LogP contribution in [0.3, 0.4) is 0 Å². The van der Waals surface area contributed by atoms with E-state index in [0.29, 0.717) is 26.1 Å². The van der Waals surface area contributed by atoms with Crippen LogP contribution in [0.5, 0.6) is 0 Å². The first-order chi connectivity index (χ1) is 9.61. The van der Waals surface area contributed by atoms with Crippen molar-refractivity contribution in [2.45, 2.75) is 31.7 Å². The zero-order valence-corrected chi connectivity index (χ0v) is 12.0. The Labute approximate surface area is 119 Å². The Morgan fingerprint density at radius 1 is 1.30 bits per heavy atom. The van der Waals surface area contributed by atoms with Crippen LogP contribution in [0.25, 0.3) is 0 Å². The minimum absolute atomic E-state index is 0.152. The summed E-state index contributed by atoms with van der Waals surface area (Å²) in [6.07, 6.45) is 3.05. The van der Waals surface area contributed by atoms with Gasteiger partial charge in [0.05, 0.1) is 13.2 Å². The molecule has 1 heterocycles. The summed E-state index contributed by atoms with van der Waals surface area (Å²) >= 11 is 0. The van der Waals surface area contributed by atoms with Gasteiger partial charge in [-0.3, -0.25) is 0 Å². The quantitative estimate of drug-likeness (QED) is 0.737. The van der Waals surface area contributed by atoms with Crippen molar-refractivity contribution in [1.82, 2.24) is 9.80 Å². The van der Waals surface area contributed by atoms with Crippen molar-refractivity contribution in [1.29, 1.82) is 0 Å². The Bertz CT molecular complexity index is 324. The molecule has 0 spiro atoms. The summed E-state index contributed by atoms with van der Waals surface area (Å²) < 4.78 is 4.94. The molecule has 0 aliphatic carbocycles. The normalized spacial score (nSPS) is 19.5. The van der Waals surface area contributed by atoms with E-state index in [1.165, 1.54) is 16.9 Å². The smallest absolute Gasteiger partial charge is 0.326 e. The van der Waals surface area contributed by atoms with Crippen molar-refractivity contribution < 1.29 is 24.5 Å². The van der Waals surface area contributed by atoms with Gasteiger partial charge in [0.15, 0.2) is 0 Å². The lowest BCUT2D eigenvalue weighted by atomic mass is 10.1. The van der Waals surface area contributed by atoms with Crippen molar-refractivity contribution in [2.75, 3.05) is 40.0 Å². The van der Waals surface area contributed by atoms with E-state index in [2.05, 4.69) is 0 Å². The van der Waals surface area contributed by atoms with Gasteiger partial charge < -0.3 is 24.7 Å². The van der Waals surface area contributed by atoms with E-state index in [0.717, 1.165) is 19.3 Å². The van der Waals surface area contributed by atoms with Gasteiger partial charge in [-0.15, -0.1) is 0 Å². The monoisotopic (exact) mass is 288 g/mol. The van der Waals surface area contributed by atoms with E-state index < -0.39 is 12.0 Å². The third kappa shape index (κ3) is 4.64. The molecule has 1 aliphatic rings. The van der Waals surface area contributed by atoms with Gasteiger partial charge in [0.25, 0.3) is 0 Å². The molecule has 0 aromatic carbocycles. The molecule has 116 valence electrons. The molecule has 0 aromatic heterocycles. The van der Waals surface area contributed by atoms with Crippen LogP contribution in [0.4, 0.5) is 4.79 Å². The molecule has 0 bridgehead atoms. The average molecular weight is 288 g/mol. The van der Waals surface area contributed by atoms with E-state index in [4.69, 9.17) is 9.84 Å². The first-order valence-corrected chi connectivity index (χ1v) is 7.00. The minimum atomic E-state index is -0.962. The Hall–Kier alpha value is -1.34. The first kappa shape index (κ1) is 16.7. The minimum Gasteiger partial charge on any atom is -0.480 e. The van der Waals surface area contributed by atoms with Crippen LogP contribution in [0.2, 0.25) is 0 Å². The van der Waals surface area contributed by atoms with Crippen LogP contribution in [-0.2, 0) is 9.53 Å². The number of aliphatic carboxylic acids is 1. The number of carboxylic acid groups (broad SMARTS) is 1. The fourth-order valence-electron chi connectivity index (χ4n) is 2.40. The number of ether oxygens (including phenoxy) is 1. The molecule has 7 heteroatoms. The maximum atomic E-state index is 12.5. The molecule has 2 amide bonds. The Morgan fingerprint density at radius 3 is 2.65 bits per heavy atom. The van der Waals surface area contributed by atoms with Gasteiger partial charge in [0.1, 0.15) is 6.04 Å². The molecular formula is C13H24N2O5. The van der Waals surface area contributed by atoms with Gasteiger partial charge in [0, 0.05) is 26.7 Å². The average Bonchev–Trinajstić information content (AvgIpc) is 2.68. The van der Waals surface area contributed by atoms with Crippen molar-refractivity contribution in [2.24, 2.45) is 0 Å². The molecule has 0 saturated carbocycles. The second-order valence-electron chi connectivity index (χ2n) is 4.88. The molecule has 1 unspecified atom stereocenters. The van der Waals surface area contributed by atoms with Crippen LogP contribution in [0.15, 0.2) is 0 Å². The summed E-state index contributed by atoms with van der Waals surface area (Å²) in [5.41, 5.74) is 0. The Morgan fingerprint density at radius 2 is 2.05 bits per heavy atom. The molecule has 1 fully saturated rings. The number of methoxy groups -OCH3 is 1. The largest absolute Gasteiger partial charge is 0.480 e. The number of urea groups is 1. The number of nitrogens with zero attached hydrogens (tertiary/aromatic N) is 2. The zero-order valence-electron chi connectivity index (χ0n) is 12.0. The van der Waals surface area contributed by atoms with Gasteiger partial charge >= 0.3 is 12.0 Å². The van der Waals surface area contributed by atoms with Crippen molar-refractivity contribution >= 4 is 12.0 Å². The van der Waals surface area contributed by atoms with Crippen LogP contribution in [-0.4, -0.2) is 78.0 Å². The summed E-state index contributed by atoms with van der Waals surface area (Å²) in [7, 11) is 1.54. The lowest BCUT2D eigenvalue weighted by molar-refractivity contribution is -0.142. The molecule has 20 heavy (non-hydrogen) atoms. The van der Waals surface area contributed by atoms with Gasteiger partial charge in [0.2, 0.25) is 0 Å². The highest BCUT2D eigenvalue weighted by atomic mass is 16.5. The summed E-state index contributed by atoms with van der Waals surface area (Å²) in [5, 5.41) is 18.3. The molecule has 1 rings (SSSR count). The predicted octanol–water partition coefficient (Wildman–Crippen LogP) is 0.376. The number of hydrogen-bond acceptors (Lipinski definition) is 4. The lowest BCUT2D eigenvalue weighted by Crippen LogP contribution is -2.52. The molecular weight excluding hydrogens is 264 g/mol. The van der Waals surface area contributed by atoms with Crippen molar-refractivity contribution in [3.05, 3.63) is 0 Å². The number of carbonyl (C=O) groups is 2. The topological polar surface area (TPSA) is 90.3 Å². The van der Waals surface area contributed by atoms with E-state index in [1.54, 1.807) is 0 Å². The molecule has 1 saturated heterocycles. The van der Waals surface area contributed by atoms with E-state index in [-0.39, 0.29) is 19.2 Å². The third-order valence-corrected chi connectivity index (χ3v) is 3.49. The highest BCUT2D eigenvalue weighted by Gasteiger charge is 2.33. The summed E-state index contributed by atoms with van der Waals surface area (Å²) in [4.78, 5) is 26.7. The molecule has 0 radical (unpaired) electrons. The van der Waals surface area contributed by atoms with Crippen LogP contribution in [0.1, 0.15) is 25.7 Å². The Balaban J connectivity index is 2.78.